The van der Waals surface area contributed by atoms with Crippen LogP contribution in [0.25, 0.3) is 0 Å². The predicted octanol–water partition coefficient (Wildman–Crippen LogP) is 1.20. The number of hydrogen-bond donors (Lipinski definition) is 1. The van der Waals surface area contributed by atoms with Gasteiger partial charge in [-0.1, -0.05) is 0 Å². The molecule has 1 aromatic rings. The van der Waals surface area contributed by atoms with Crippen molar-refractivity contribution in [2.24, 2.45) is 5.73 Å². The molecule has 2 nitrogen and oxygen atoms in total. The highest BCUT2D eigenvalue weighted by Crippen LogP contribution is 2.25. The van der Waals surface area contributed by atoms with E-state index in [1.165, 1.54) is 16.9 Å². The lowest BCUT2D eigenvalue weighted by Crippen LogP contribution is -2.34. The van der Waals surface area contributed by atoms with Gasteiger partial charge in [-0.15, -0.1) is 11.3 Å². The Labute approximate surface area is 69.0 Å². The lowest BCUT2D eigenvalue weighted by atomic mass is 9.94. The Morgan fingerprint density at radius 1 is 1.64 bits per heavy atom. The summed E-state index contributed by atoms with van der Waals surface area (Å²) in [6, 6.07) is 1.77. The maximum absolute atomic E-state index is 11.4. The highest BCUT2D eigenvalue weighted by Gasteiger charge is 2.24. The highest BCUT2D eigenvalue weighted by molar-refractivity contribution is 7.12. The van der Waals surface area contributed by atoms with Crippen molar-refractivity contribution in [1.82, 2.24) is 0 Å². The number of carbonyl (C=O) groups is 1. The molecule has 1 aromatic heterocycles. The second-order valence-electron chi connectivity index (χ2n) is 2.78. The van der Waals surface area contributed by atoms with Crippen LogP contribution in [0.2, 0.25) is 0 Å². The van der Waals surface area contributed by atoms with Gasteiger partial charge >= 0.3 is 0 Å². The van der Waals surface area contributed by atoms with Crippen LogP contribution >= 0.6 is 11.3 Å². The van der Waals surface area contributed by atoms with Gasteiger partial charge in [0.2, 0.25) is 0 Å². The van der Waals surface area contributed by atoms with Crippen molar-refractivity contribution in [2.45, 2.75) is 18.9 Å². The van der Waals surface area contributed by atoms with Crippen LogP contribution in [0.1, 0.15) is 21.7 Å². The van der Waals surface area contributed by atoms with Gasteiger partial charge in [-0.25, -0.2) is 0 Å². The van der Waals surface area contributed by atoms with Crippen LogP contribution < -0.4 is 5.73 Å². The Hall–Kier alpha value is -0.670. The lowest BCUT2D eigenvalue weighted by Gasteiger charge is -2.15. The first kappa shape index (κ1) is 7.00. The summed E-state index contributed by atoms with van der Waals surface area (Å²) in [4.78, 5) is 12.2. The van der Waals surface area contributed by atoms with Gasteiger partial charge in [0.05, 0.1) is 10.9 Å². The zero-order valence-electron chi connectivity index (χ0n) is 6.04. The molecular formula is C8H9NOS. The Bertz CT molecular complexity index is 292. The summed E-state index contributed by atoms with van der Waals surface area (Å²) in [5.41, 5.74) is 6.79. The number of ketones is 1. The van der Waals surface area contributed by atoms with E-state index >= 15 is 0 Å². The molecule has 1 heterocycles. The minimum atomic E-state index is -0.249. The van der Waals surface area contributed by atoms with E-state index in [-0.39, 0.29) is 11.8 Å². The molecular weight excluding hydrogens is 158 g/mol. The summed E-state index contributed by atoms with van der Waals surface area (Å²) in [6.07, 6.45) is 1.77. The van der Waals surface area contributed by atoms with Crippen molar-refractivity contribution in [3.8, 4) is 0 Å². The maximum Gasteiger partial charge on any atom is 0.189 e. The van der Waals surface area contributed by atoms with E-state index in [1.54, 1.807) is 0 Å². The van der Waals surface area contributed by atoms with Gasteiger partial charge in [0.25, 0.3) is 0 Å². The lowest BCUT2D eigenvalue weighted by molar-refractivity contribution is 0.0953. The number of Topliss-reactive ketones (excluding diaryl/α,β-unsaturated/α-hetero) is 1. The Kier molecular flexibility index (Phi) is 1.55. The van der Waals surface area contributed by atoms with E-state index < -0.39 is 0 Å². The van der Waals surface area contributed by atoms with Gasteiger partial charge < -0.3 is 5.73 Å². The Balaban J connectivity index is 2.46. The molecule has 0 aliphatic heterocycles. The van der Waals surface area contributed by atoms with Crippen molar-refractivity contribution in [3.63, 3.8) is 0 Å². The van der Waals surface area contributed by atoms with Crippen LogP contribution in [0, 0.1) is 0 Å². The molecule has 0 bridgehead atoms. The van der Waals surface area contributed by atoms with Gasteiger partial charge in [-0.2, -0.15) is 0 Å². The van der Waals surface area contributed by atoms with Gasteiger partial charge in [0.1, 0.15) is 0 Å². The molecule has 58 valence electrons. The fourth-order valence-electron chi connectivity index (χ4n) is 1.36. The first-order chi connectivity index (χ1) is 5.29. The fourth-order valence-corrected chi connectivity index (χ4v) is 2.32. The summed E-state index contributed by atoms with van der Waals surface area (Å²) >= 11 is 1.51. The minimum absolute atomic E-state index is 0.126. The monoisotopic (exact) mass is 167 g/mol. The largest absolute Gasteiger partial charge is 0.321 e. The fraction of sp³-hybridized carbons (Fsp3) is 0.375. The van der Waals surface area contributed by atoms with E-state index in [2.05, 4.69) is 0 Å². The van der Waals surface area contributed by atoms with Crippen LogP contribution in [0.5, 0.6) is 0 Å². The number of hydrogen-bond acceptors (Lipinski definition) is 3. The minimum Gasteiger partial charge on any atom is -0.321 e. The van der Waals surface area contributed by atoms with E-state index in [0.29, 0.717) is 0 Å². The van der Waals surface area contributed by atoms with Gasteiger partial charge in [-0.3, -0.25) is 4.79 Å². The number of rotatable bonds is 0. The molecule has 0 saturated carbocycles. The normalized spacial score (nSPS) is 23.4. The second-order valence-corrected chi connectivity index (χ2v) is 3.70. The summed E-state index contributed by atoms with van der Waals surface area (Å²) in [5, 5.41) is 1.96. The predicted molar refractivity (Wildman–Crippen MR) is 44.9 cm³/mol. The van der Waals surface area contributed by atoms with Gasteiger partial charge in [0.15, 0.2) is 5.78 Å². The molecule has 2 rings (SSSR count). The number of aryl methyl sites for hydroxylation is 1. The number of carbonyl (C=O) groups excluding carboxylic acids is 1. The quantitative estimate of drug-likeness (QED) is 0.631. The van der Waals surface area contributed by atoms with Crippen LogP contribution in [-0.4, -0.2) is 11.8 Å². The van der Waals surface area contributed by atoms with Crippen molar-refractivity contribution in [1.29, 1.82) is 0 Å². The van der Waals surface area contributed by atoms with E-state index in [1.807, 2.05) is 11.4 Å². The SMILES string of the molecule is NC1CCc2ccsc2C1=O. The topological polar surface area (TPSA) is 43.1 Å². The molecule has 0 spiro atoms. The van der Waals surface area contributed by atoms with Crippen molar-refractivity contribution < 1.29 is 4.79 Å². The van der Waals surface area contributed by atoms with E-state index in [4.69, 9.17) is 5.73 Å². The number of fused-ring (bicyclic) bond motifs is 1. The van der Waals surface area contributed by atoms with Crippen LogP contribution in [-0.2, 0) is 6.42 Å². The highest BCUT2D eigenvalue weighted by atomic mass is 32.1. The first-order valence-electron chi connectivity index (χ1n) is 3.65. The molecule has 1 atom stereocenters. The molecule has 0 radical (unpaired) electrons. The molecule has 1 aliphatic carbocycles. The average Bonchev–Trinajstić information content (AvgIpc) is 2.45. The zero-order chi connectivity index (χ0) is 7.84. The third-order valence-electron chi connectivity index (χ3n) is 2.03. The molecule has 3 heteroatoms. The summed E-state index contributed by atoms with van der Waals surface area (Å²) in [5.74, 6) is 0.126. The third kappa shape index (κ3) is 1.01. The van der Waals surface area contributed by atoms with Crippen molar-refractivity contribution in [3.05, 3.63) is 21.9 Å². The standard InChI is InChI=1S/C8H9NOS/c9-6-2-1-5-3-4-11-8(5)7(6)10/h3-4,6H,1-2,9H2. The molecule has 2 N–H and O–H groups in total. The smallest absolute Gasteiger partial charge is 0.189 e. The molecule has 1 aliphatic rings. The van der Waals surface area contributed by atoms with E-state index in [0.717, 1.165) is 17.7 Å². The molecule has 1 unspecified atom stereocenters. The van der Waals surface area contributed by atoms with Crippen LogP contribution in [0.15, 0.2) is 11.4 Å². The summed E-state index contributed by atoms with van der Waals surface area (Å²) < 4.78 is 0. The van der Waals surface area contributed by atoms with Gasteiger partial charge in [-0.05, 0) is 29.9 Å². The molecule has 0 fully saturated rings. The summed E-state index contributed by atoms with van der Waals surface area (Å²) in [7, 11) is 0. The molecule has 0 aromatic carbocycles. The molecule has 0 saturated heterocycles. The van der Waals surface area contributed by atoms with Crippen LogP contribution in [0.3, 0.4) is 0 Å². The molecule has 11 heavy (non-hydrogen) atoms. The van der Waals surface area contributed by atoms with Crippen LogP contribution in [0.4, 0.5) is 0 Å². The summed E-state index contributed by atoms with van der Waals surface area (Å²) in [6.45, 7) is 0. The third-order valence-corrected chi connectivity index (χ3v) is 3.00. The molecule has 0 amide bonds. The van der Waals surface area contributed by atoms with E-state index in [9.17, 15) is 4.79 Å². The van der Waals surface area contributed by atoms with Crippen molar-refractivity contribution in [2.75, 3.05) is 0 Å². The first-order valence-corrected chi connectivity index (χ1v) is 4.53. The van der Waals surface area contributed by atoms with Crippen molar-refractivity contribution >= 4 is 17.1 Å². The second kappa shape index (κ2) is 2.43. The zero-order valence-corrected chi connectivity index (χ0v) is 6.86. The average molecular weight is 167 g/mol. The number of thiophene rings is 1. The Morgan fingerprint density at radius 3 is 3.27 bits per heavy atom. The Morgan fingerprint density at radius 2 is 2.45 bits per heavy atom. The number of nitrogens with two attached hydrogens (primary N) is 1. The van der Waals surface area contributed by atoms with Gasteiger partial charge in [0, 0.05) is 0 Å². The maximum atomic E-state index is 11.4.